The molecule has 43 heavy (non-hydrogen) atoms. The number of fused-ring (bicyclic) bond motifs is 3. The van der Waals surface area contributed by atoms with E-state index < -0.39 is 6.17 Å². The normalized spacial score (nSPS) is 20.2. The number of amides is 2. The summed E-state index contributed by atoms with van der Waals surface area (Å²) in [6.45, 7) is 1.81. The van der Waals surface area contributed by atoms with Gasteiger partial charge in [-0.05, 0) is 73.2 Å². The SMILES string of the molecule is Cn1c(-c2cc3ccc(-c4ccc5c(c4)C(=O)NC5)nc3n2CC2CC2)nc2cc(C(=O)N3C[C@H](N)C[C@@H](F)C3)ccc21. The molecule has 218 valence electrons. The number of imidazole rings is 1. The van der Waals surface area contributed by atoms with Crippen molar-refractivity contribution in [3.63, 3.8) is 0 Å². The predicted molar refractivity (Wildman–Crippen MR) is 162 cm³/mol. The van der Waals surface area contributed by atoms with Crippen molar-refractivity contribution in [1.82, 2.24) is 29.3 Å². The van der Waals surface area contributed by atoms with Crippen molar-refractivity contribution >= 4 is 33.9 Å². The quantitative estimate of drug-likeness (QED) is 0.321. The van der Waals surface area contributed by atoms with Crippen LogP contribution in [-0.2, 0) is 20.1 Å². The summed E-state index contributed by atoms with van der Waals surface area (Å²) in [5, 5.41) is 3.90. The molecule has 5 heterocycles. The van der Waals surface area contributed by atoms with Crippen LogP contribution in [0.1, 0.15) is 45.5 Å². The summed E-state index contributed by atoms with van der Waals surface area (Å²) in [7, 11) is 1.98. The van der Waals surface area contributed by atoms with Crippen LogP contribution in [0.2, 0.25) is 0 Å². The molecule has 3 aliphatic rings. The number of rotatable bonds is 5. The van der Waals surface area contributed by atoms with E-state index in [0.717, 1.165) is 51.4 Å². The van der Waals surface area contributed by atoms with E-state index in [-0.39, 0.29) is 30.8 Å². The average molecular weight is 578 g/mol. The minimum Gasteiger partial charge on any atom is -0.348 e. The van der Waals surface area contributed by atoms with E-state index in [1.165, 1.54) is 17.7 Å². The van der Waals surface area contributed by atoms with Gasteiger partial charge in [0.15, 0.2) is 5.82 Å². The lowest BCUT2D eigenvalue weighted by molar-refractivity contribution is 0.0607. The van der Waals surface area contributed by atoms with E-state index in [0.29, 0.717) is 35.7 Å². The average Bonchev–Trinajstić information content (AvgIpc) is 3.53. The molecular formula is C33H32FN7O2. The Kier molecular flexibility index (Phi) is 5.91. The van der Waals surface area contributed by atoms with Crippen molar-refractivity contribution in [1.29, 1.82) is 0 Å². The molecule has 0 spiro atoms. The van der Waals surface area contributed by atoms with E-state index in [9.17, 15) is 14.0 Å². The number of pyridine rings is 1. The molecular weight excluding hydrogens is 545 g/mol. The second-order valence-electron chi connectivity index (χ2n) is 12.2. The van der Waals surface area contributed by atoms with E-state index in [2.05, 4.69) is 26.6 Å². The molecule has 2 amide bonds. The first-order chi connectivity index (χ1) is 20.8. The standard InChI is InChI=1S/C33H32FN7O2/c1-39-28-9-7-21(33(43)40-16-23(34)13-24(35)17-40)11-27(28)38-31(39)29-12-20-6-8-26(37-30(20)41(29)15-18-2-3-18)19-4-5-22-14-36-32(42)25(22)10-19/h4-12,18,23-24H,2-3,13-17,35H2,1H3,(H,36,42)/t23-,24-/m1/s1. The number of nitrogens with two attached hydrogens (primary N) is 1. The number of hydrogen-bond acceptors (Lipinski definition) is 5. The molecule has 1 aliphatic carbocycles. The van der Waals surface area contributed by atoms with Crippen molar-refractivity contribution in [3.8, 4) is 22.8 Å². The van der Waals surface area contributed by atoms with Crippen LogP contribution in [-0.4, -0.2) is 61.1 Å². The Morgan fingerprint density at radius 3 is 2.74 bits per heavy atom. The number of carbonyl (C=O) groups is 2. The van der Waals surface area contributed by atoms with Gasteiger partial charge < -0.3 is 25.1 Å². The predicted octanol–water partition coefficient (Wildman–Crippen LogP) is 4.42. The molecule has 0 radical (unpaired) electrons. The number of nitrogens with one attached hydrogen (secondary N) is 1. The largest absolute Gasteiger partial charge is 0.348 e. The number of nitrogens with zero attached hydrogens (tertiary/aromatic N) is 5. The van der Waals surface area contributed by atoms with Gasteiger partial charge in [-0.3, -0.25) is 9.59 Å². The zero-order valence-electron chi connectivity index (χ0n) is 23.9. The van der Waals surface area contributed by atoms with Gasteiger partial charge in [0.2, 0.25) is 0 Å². The number of carbonyl (C=O) groups excluding carboxylic acids is 2. The number of hydrogen-bond donors (Lipinski definition) is 2. The Hall–Kier alpha value is -4.57. The van der Waals surface area contributed by atoms with Crippen LogP contribution in [0, 0.1) is 5.92 Å². The Morgan fingerprint density at radius 2 is 1.93 bits per heavy atom. The van der Waals surface area contributed by atoms with Crippen LogP contribution < -0.4 is 11.1 Å². The maximum Gasteiger partial charge on any atom is 0.254 e. The first-order valence-corrected chi connectivity index (χ1v) is 14.9. The van der Waals surface area contributed by atoms with Crippen molar-refractivity contribution in [2.45, 2.75) is 44.6 Å². The second-order valence-corrected chi connectivity index (χ2v) is 12.2. The van der Waals surface area contributed by atoms with Crippen molar-refractivity contribution in [2.75, 3.05) is 13.1 Å². The third-order valence-electron chi connectivity index (χ3n) is 9.05. The Labute approximate surface area is 247 Å². The molecule has 3 aromatic heterocycles. The number of aromatic nitrogens is 4. The van der Waals surface area contributed by atoms with Crippen molar-refractivity contribution in [2.24, 2.45) is 18.7 Å². The second kappa shape index (κ2) is 9.74. The molecule has 9 nitrogen and oxygen atoms in total. The van der Waals surface area contributed by atoms with Crippen LogP contribution in [0.15, 0.2) is 54.6 Å². The number of alkyl halides is 1. The van der Waals surface area contributed by atoms with Gasteiger partial charge in [0.1, 0.15) is 11.8 Å². The topological polar surface area (TPSA) is 111 Å². The number of aryl methyl sites for hydroxylation is 1. The third kappa shape index (κ3) is 4.48. The molecule has 1 saturated heterocycles. The zero-order valence-corrected chi connectivity index (χ0v) is 23.9. The van der Waals surface area contributed by atoms with Gasteiger partial charge in [0, 0.05) is 54.8 Å². The minimum atomic E-state index is -1.11. The molecule has 3 N–H and O–H groups in total. The first-order valence-electron chi connectivity index (χ1n) is 14.9. The van der Waals surface area contributed by atoms with Gasteiger partial charge in [-0.25, -0.2) is 14.4 Å². The monoisotopic (exact) mass is 577 g/mol. The van der Waals surface area contributed by atoms with E-state index in [1.807, 2.05) is 37.4 Å². The van der Waals surface area contributed by atoms with Gasteiger partial charge >= 0.3 is 0 Å². The van der Waals surface area contributed by atoms with Gasteiger partial charge in [-0.1, -0.05) is 12.1 Å². The fraction of sp³-hybridized carbons (Fsp3) is 0.333. The van der Waals surface area contributed by atoms with Crippen LogP contribution in [0.3, 0.4) is 0 Å². The van der Waals surface area contributed by atoms with Crippen LogP contribution in [0.25, 0.3) is 44.8 Å². The lowest BCUT2D eigenvalue weighted by Crippen LogP contribution is -2.50. The van der Waals surface area contributed by atoms with Crippen LogP contribution >= 0.6 is 0 Å². The Bertz CT molecular complexity index is 1950. The first kappa shape index (κ1) is 26.1. The smallest absolute Gasteiger partial charge is 0.254 e. The third-order valence-corrected chi connectivity index (χ3v) is 9.05. The molecule has 0 unspecified atom stereocenters. The van der Waals surface area contributed by atoms with Gasteiger partial charge in [0.05, 0.1) is 29.0 Å². The van der Waals surface area contributed by atoms with Gasteiger partial charge in [-0.2, -0.15) is 0 Å². The summed E-state index contributed by atoms with van der Waals surface area (Å²) in [5.74, 6) is 1.11. The molecule has 8 rings (SSSR count). The fourth-order valence-corrected chi connectivity index (χ4v) is 6.57. The van der Waals surface area contributed by atoms with Crippen LogP contribution in [0.5, 0.6) is 0 Å². The van der Waals surface area contributed by atoms with Gasteiger partial charge in [0.25, 0.3) is 11.8 Å². The lowest BCUT2D eigenvalue weighted by Gasteiger charge is -2.33. The fourth-order valence-electron chi connectivity index (χ4n) is 6.57. The number of likely N-dealkylation sites (tertiary alicyclic amines) is 1. The van der Waals surface area contributed by atoms with E-state index >= 15 is 0 Å². The molecule has 2 aliphatic heterocycles. The summed E-state index contributed by atoms with van der Waals surface area (Å²) in [4.78, 5) is 37.2. The highest BCUT2D eigenvalue weighted by Gasteiger charge is 2.30. The summed E-state index contributed by atoms with van der Waals surface area (Å²) < 4.78 is 18.5. The Balaban J connectivity index is 1.19. The highest BCUT2D eigenvalue weighted by atomic mass is 19.1. The molecule has 2 atom stereocenters. The molecule has 10 heteroatoms. The maximum absolute atomic E-state index is 14.2. The minimum absolute atomic E-state index is 0.0462. The zero-order chi connectivity index (χ0) is 29.4. The molecule has 5 aromatic rings. The molecule has 0 bridgehead atoms. The summed E-state index contributed by atoms with van der Waals surface area (Å²) in [6.07, 6.45) is 1.55. The lowest BCUT2D eigenvalue weighted by atomic mass is 10.0. The van der Waals surface area contributed by atoms with Crippen molar-refractivity contribution in [3.05, 3.63) is 71.3 Å². The number of piperidine rings is 1. The van der Waals surface area contributed by atoms with Gasteiger partial charge in [-0.15, -0.1) is 0 Å². The highest BCUT2D eigenvalue weighted by molar-refractivity contribution is 6.00. The molecule has 1 saturated carbocycles. The molecule has 2 fully saturated rings. The summed E-state index contributed by atoms with van der Waals surface area (Å²) >= 11 is 0. The van der Waals surface area contributed by atoms with Crippen LogP contribution in [0.4, 0.5) is 4.39 Å². The molecule has 2 aromatic carbocycles. The van der Waals surface area contributed by atoms with Crippen molar-refractivity contribution < 1.29 is 14.0 Å². The number of halogens is 1. The Morgan fingerprint density at radius 1 is 1.07 bits per heavy atom. The van der Waals surface area contributed by atoms with E-state index in [1.54, 1.807) is 12.1 Å². The van der Waals surface area contributed by atoms with E-state index in [4.69, 9.17) is 15.7 Å². The maximum atomic E-state index is 14.2. The highest BCUT2D eigenvalue weighted by Crippen LogP contribution is 2.37. The number of benzene rings is 2. The summed E-state index contributed by atoms with van der Waals surface area (Å²) in [5.41, 5.74) is 13.4. The summed E-state index contributed by atoms with van der Waals surface area (Å²) in [6, 6.07) is 17.3.